The number of benzene rings is 3. The molecule has 0 saturated heterocycles. The van der Waals surface area contributed by atoms with Crippen molar-refractivity contribution in [3.8, 4) is 22.6 Å². The summed E-state index contributed by atoms with van der Waals surface area (Å²) in [5.41, 5.74) is 5.10. The van der Waals surface area contributed by atoms with Crippen molar-refractivity contribution < 1.29 is 34.4 Å². The molecule has 1 radical (unpaired) electrons. The van der Waals surface area contributed by atoms with Gasteiger partial charge in [-0.2, -0.15) is 0 Å². The maximum atomic E-state index is 10.0. The number of furan rings is 1. The van der Waals surface area contributed by atoms with Crippen molar-refractivity contribution in [2.75, 3.05) is 0 Å². The molecule has 0 spiro atoms. The molecule has 5 aromatic rings. The number of nitrogens with zero attached hydrogens (tertiary/aromatic N) is 1. The standard InChI is InChI=1S/C29H28GeNO.C5H8O2.Ir/c1-19(2)25-16-22(17-28-26(25)18-27(32-28)20-9-7-6-8-10-20)29-24-12-11-23(30(3,4)5)15-21(24)13-14-31-29;1-4(6)3-5(2)7;/h6-16,18-19H,1-5H3;3,6H,1-2H3;/q-1;;/b;4-3-;. The summed E-state index contributed by atoms with van der Waals surface area (Å²) in [5.74, 6) is 8.47. The van der Waals surface area contributed by atoms with Crippen molar-refractivity contribution in [3.05, 3.63) is 96.4 Å². The van der Waals surface area contributed by atoms with Crippen LogP contribution < -0.4 is 4.40 Å². The number of aromatic nitrogens is 1. The topological polar surface area (TPSA) is 63.3 Å². The van der Waals surface area contributed by atoms with Crippen LogP contribution >= 0.6 is 0 Å². The quantitative estimate of drug-likeness (QED) is 0.0841. The van der Waals surface area contributed by atoms with E-state index in [1.807, 2.05) is 24.4 Å². The number of aliphatic hydroxyl groups is 1. The van der Waals surface area contributed by atoms with Gasteiger partial charge in [0.15, 0.2) is 5.78 Å². The molecule has 1 N–H and O–H groups in total. The van der Waals surface area contributed by atoms with E-state index in [0.29, 0.717) is 5.92 Å². The maximum Gasteiger partial charge on any atom is 0 e. The SMILES string of the molecule is CC(=O)/C=C(/C)O.CC(C)c1cc(-c2nccc3c[c]([Ge]([CH3])([CH3])[CH3])ccc23)[c-]c2oc(-c3ccccc3)cc12.[Ir]. The summed E-state index contributed by atoms with van der Waals surface area (Å²) in [4.78, 5) is 14.8. The molecule has 0 aliphatic rings. The summed E-state index contributed by atoms with van der Waals surface area (Å²) in [7, 11) is 0. The molecule has 2 heterocycles. The van der Waals surface area contributed by atoms with Gasteiger partial charge in [-0.25, -0.2) is 0 Å². The minimum absolute atomic E-state index is 0. The van der Waals surface area contributed by atoms with E-state index in [2.05, 4.69) is 85.7 Å². The molecule has 0 fully saturated rings. The van der Waals surface area contributed by atoms with Gasteiger partial charge >= 0.3 is 175 Å². The third-order valence-corrected chi connectivity index (χ3v) is 10.9. The average molecular weight is 771 g/mol. The normalized spacial score (nSPS) is 11.8. The molecule has 0 unspecified atom stereocenters. The molecule has 40 heavy (non-hydrogen) atoms. The number of carbonyl (C=O) groups is 1. The van der Waals surface area contributed by atoms with Crippen LogP contribution in [0.25, 0.3) is 44.3 Å². The number of allylic oxidation sites excluding steroid dienone is 2. The van der Waals surface area contributed by atoms with Gasteiger partial charge in [-0.05, 0) is 13.8 Å². The Balaban J connectivity index is 0.000000492. The fourth-order valence-corrected chi connectivity index (χ4v) is 7.05. The predicted octanol–water partition coefficient (Wildman–Crippen LogP) is 8.82. The van der Waals surface area contributed by atoms with E-state index in [0.717, 1.165) is 33.6 Å². The zero-order valence-corrected chi connectivity index (χ0v) is 28.6. The molecule has 3 aromatic carbocycles. The summed E-state index contributed by atoms with van der Waals surface area (Å²) in [6.07, 6.45) is 3.09. The third kappa shape index (κ3) is 7.39. The second-order valence-corrected chi connectivity index (χ2v) is 21.9. The van der Waals surface area contributed by atoms with Crippen molar-refractivity contribution in [2.45, 2.75) is 50.9 Å². The largest absolute Gasteiger partial charge is 0 e. The second kappa shape index (κ2) is 13.1. The molecule has 2 aromatic heterocycles. The van der Waals surface area contributed by atoms with Crippen LogP contribution in [0.5, 0.6) is 0 Å². The van der Waals surface area contributed by atoms with Gasteiger partial charge in [0.2, 0.25) is 0 Å². The van der Waals surface area contributed by atoms with Crippen LogP contribution in [0.4, 0.5) is 0 Å². The first-order valence-electron chi connectivity index (χ1n) is 13.3. The molecule has 0 aliphatic heterocycles. The van der Waals surface area contributed by atoms with E-state index in [1.54, 1.807) is 0 Å². The molecule has 5 rings (SSSR count). The van der Waals surface area contributed by atoms with Crippen molar-refractivity contribution in [2.24, 2.45) is 0 Å². The molecular formula is C34H36GeIrNO3-. The van der Waals surface area contributed by atoms with Gasteiger partial charge in [-0.15, -0.1) is 0 Å². The number of hydrogen-bond acceptors (Lipinski definition) is 4. The molecule has 0 amide bonds. The Hall–Kier alpha value is -2.99. The zero-order chi connectivity index (χ0) is 28.3. The summed E-state index contributed by atoms with van der Waals surface area (Å²) in [6.45, 7) is 7.30. The summed E-state index contributed by atoms with van der Waals surface area (Å²) >= 11 is -1.90. The third-order valence-electron chi connectivity index (χ3n) is 6.57. The monoisotopic (exact) mass is 773 g/mol. The molecule has 6 heteroatoms. The number of carbonyl (C=O) groups excluding carboxylic acids is 1. The van der Waals surface area contributed by atoms with Crippen molar-refractivity contribution >= 4 is 45.2 Å². The molecule has 209 valence electrons. The Morgan fingerprint density at radius 1 is 0.975 bits per heavy atom. The number of aliphatic hydroxyl groups excluding tert-OH is 1. The number of ketones is 1. The summed E-state index contributed by atoms with van der Waals surface area (Å²) < 4.78 is 7.82. The Morgan fingerprint density at radius 2 is 1.68 bits per heavy atom. The predicted molar refractivity (Wildman–Crippen MR) is 165 cm³/mol. The second-order valence-electron chi connectivity index (χ2n) is 11.3. The van der Waals surface area contributed by atoms with Crippen LogP contribution in [0.3, 0.4) is 0 Å². The molecule has 0 atom stereocenters. The van der Waals surface area contributed by atoms with Crippen LogP contribution in [0.2, 0.25) is 17.3 Å². The van der Waals surface area contributed by atoms with Gasteiger partial charge in [0.1, 0.15) is 0 Å². The fraction of sp³-hybridized carbons (Fsp3) is 0.235. The first-order valence-corrected chi connectivity index (χ1v) is 20.6. The molecule has 0 aliphatic carbocycles. The number of fused-ring (bicyclic) bond motifs is 2. The first kappa shape index (κ1) is 31.5. The van der Waals surface area contributed by atoms with Crippen molar-refractivity contribution in [1.82, 2.24) is 4.98 Å². The van der Waals surface area contributed by atoms with E-state index in [-0.39, 0.29) is 31.6 Å². The van der Waals surface area contributed by atoms with Gasteiger partial charge in [0.05, 0.1) is 5.76 Å². The van der Waals surface area contributed by atoms with Crippen LogP contribution in [0.1, 0.15) is 39.2 Å². The molecule has 0 bridgehead atoms. The average Bonchev–Trinajstić information content (AvgIpc) is 3.31. The van der Waals surface area contributed by atoms with Gasteiger partial charge in [0, 0.05) is 26.2 Å². The first-order chi connectivity index (χ1) is 18.4. The van der Waals surface area contributed by atoms with E-state index in [9.17, 15) is 4.79 Å². The van der Waals surface area contributed by atoms with Gasteiger partial charge < -0.3 is 5.11 Å². The smallest absolute Gasteiger partial charge is 0 e. The zero-order valence-electron chi connectivity index (χ0n) is 24.1. The number of pyridine rings is 1. The van der Waals surface area contributed by atoms with Gasteiger partial charge in [-0.3, -0.25) is 4.79 Å². The molecular weight excluding hydrogens is 735 g/mol. The van der Waals surface area contributed by atoms with E-state index >= 15 is 0 Å². The van der Waals surface area contributed by atoms with Crippen LogP contribution in [-0.4, -0.2) is 29.1 Å². The van der Waals surface area contributed by atoms with Gasteiger partial charge in [-0.1, -0.05) is 18.2 Å². The minimum atomic E-state index is -1.90. The van der Waals surface area contributed by atoms with E-state index in [1.165, 1.54) is 40.7 Å². The van der Waals surface area contributed by atoms with Gasteiger partial charge in [0.25, 0.3) is 0 Å². The van der Waals surface area contributed by atoms with Crippen molar-refractivity contribution in [3.63, 3.8) is 0 Å². The molecule has 0 saturated carbocycles. The Morgan fingerprint density at radius 3 is 2.25 bits per heavy atom. The minimum Gasteiger partial charge on any atom is 0 e. The van der Waals surface area contributed by atoms with E-state index < -0.39 is 13.3 Å². The van der Waals surface area contributed by atoms with Crippen LogP contribution in [0.15, 0.2) is 89.2 Å². The van der Waals surface area contributed by atoms with Crippen molar-refractivity contribution in [1.29, 1.82) is 0 Å². The number of rotatable bonds is 5. The Labute approximate surface area is 253 Å². The Kier molecular flexibility index (Phi) is 10.3. The van der Waals surface area contributed by atoms with E-state index in [4.69, 9.17) is 14.5 Å². The summed E-state index contributed by atoms with van der Waals surface area (Å²) in [5, 5.41) is 11.9. The summed E-state index contributed by atoms with van der Waals surface area (Å²) in [6, 6.07) is 27.2. The molecule has 4 nitrogen and oxygen atoms in total. The van der Waals surface area contributed by atoms with Crippen LogP contribution in [0, 0.1) is 6.07 Å². The fourth-order valence-electron chi connectivity index (χ4n) is 4.59. The maximum absolute atomic E-state index is 10.0. The van der Waals surface area contributed by atoms with Crippen LogP contribution in [-0.2, 0) is 24.9 Å². The number of hydrogen-bond donors (Lipinski definition) is 1. The Bertz CT molecular complexity index is 1660.